The van der Waals surface area contributed by atoms with Crippen molar-refractivity contribution in [3.63, 3.8) is 0 Å². The summed E-state index contributed by atoms with van der Waals surface area (Å²) in [5, 5.41) is 5.60. The van der Waals surface area contributed by atoms with Gasteiger partial charge in [0.05, 0.1) is 7.11 Å². The largest absolute Gasteiger partial charge is 0.497 e. The van der Waals surface area contributed by atoms with Crippen LogP contribution in [0, 0.1) is 5.82 Å². The predicted molar refractivity (Wildman–Crippen MR) is 108 cm³/mol. The monoisotopic (exact) mass is 392 g/mol. The molecular weight excluding hydrogens is 371 g/mol. The lowest BCUT2D eigenvalue weighted by molar-refractivity contribution is 0.0950. The van der Waals surface area contributed by atoms with E-state index in [2.05, 4.69) is 10.6 Å². The fourth-order valence-corrected chi connectivity index (χ4v) is 2.72. The van der Waals surface area contributed by atoms with Crippen molar-refractivity contribution in [1.29, 1.82) is 0 Å². The lowest BCUT2D eigenvalue weighted by Crippen LogP contribution is -2.25. The molecule has 148 valence electrons. The number of methoxy groups -OCH3 is 1. The number of carbonyl (C=O) groups is 2. The molecule has 0 unspecified atom stereocenters. The van der Waals surface area contributed by atoms with Crippen LogP contribution >= 0.6 is 0 Å². The molecule has 0 aliphatic heterocycles. The molecule has 5 nitrogen and oxygen atoms in total. The normalized spacial score (nSPS) is 10.3. The lowest BCUT2D eigenvalue weighted by atomic mass is 10.1. The van der Waals surface area contributed by atoms with Crippen LogP contribution in [0.15, 0.2) is 72.8 Å². The van der Waals surface area contributed by atoms with E-state index in [1.54, 1.807) is 43.5 Å². The molecule has 29 heavy (non-hydrogen) atoms. The van der Waals surface area contributed by atoms with Gasteiger partial charge in [0.15, 0.2) is 0 Å². The fourth-order valence-electron chi connectivity index (χ4n) is 2.72. The maximum absolute atomic E-state index is 12.9. The van der Waals surface area contributed by atoms with Crippen molar-refractivity contribution in [2.75, 3.05) is 7.11 Å². The molecule has 0 radical (unpaired) electrons. The quantitative estimate of drug-likeness (QED) is 0.644. The molecule has 2 amide bonds. The number of benzene rings is 3. The number of ether oxygens (including phenoxy) is 1. The van der Waals surface area contributed by atoms with Crippen molar-refractivity contribution < 1.29 is 18.7 Å². The number of hydrogen-bond donors (Lipinski definition) is 2. The van der Waals surface area contributed by atoms with Gasteiger partial charge >= 0.3 is 0 Å². The Morgan fingerprint density at radius 3 is 1.76 bits per heavy atom. The zero-order chi connectivity index (χ0) is 20.6. The number of rotatable bonds is 7. The fraction of sp³-hybridized carbons (Fsp3) is 0.130. The van der Waals surface area contributed by atoms with Crippen LogP contribution in [0.4, 0.5) is 4.39 Å². The molecule has 0 saturated heterocycles. The Morgan fingerprint density at radius 2 is 1.28 bits per heavy atom. The molecule has 2 N–H and O–H groups in total. The van der Waals surface area contributed by atoms with E-state index >= 15 is 0 Å². The first-order valence-corrected chi connectivity index (χ1v) is 9.09. The van der Waals surface area contributed by atoms with Crippen LogP contribution in [0.1, 0.15) is 31.8 Å². The molecule has 0 saturated carbocycles. The van der Waals surface area contributed by atoms with Gasteiger partial charge < -0.3 is 15.4 Å². The standard InChI is InChI=1S/C23H21FN2O3/c1-29-21-11-7-17(8-12-21)15-26-23(28)19-4-2-3-18(13-19)22(27)25-14-16-5-9-20(24)10-6-16/h2-13H,14-15H2,1H3,(H,25,27)(H,26,28). The minimum Gasteiger partial charge on any atom is -0.497 e. The molecule has 0 spiro atoms. The third-order valence-corrected chi connectivity index (χ3v) is 4.37. The molecule has 0 aliphatic carbocycles. The second kappa shape index (κ2) is 9.50. The maximum Gasteiger partial charge on any atom is 0.251 e. The van der Waals surface area contributed by atoms with Crippen LogP contribution in [0.3, 0.4) is 0 Å². The van der Waals surface area contributed by atoms with Gasteiger partial charge in [-0.3, -0.25) is 9.59 Å². The number of amides is 2. The van der Waals surface area contributed by atoms with E-state index in [4.69, 9.17) is 4.74 Å². The predicted octanol–water partition coefficient (Wildman–Crippen LogP) is 3.69. The van der Waals surface area contributed by atoms with Crippen molar-refractivity contribution >= 4 is 11.8 Å². The van der Waals surface area contributed by atoms with E-state index in [0.29, 0.717) is 17.7 Å². The summed E-state index contributed by atoms with van der Waals surface area (Å²) >= 11 is 0. The Morgan fingerprint density at radius 1 is 0.793 bits per heavy atom. The van der Waals surface area contributed by atoms with Gasteiger partial charge in [0.1, 0.15) is 11.6 Å². The lowest BCUT2D eigenvalue weighted by Gasteiger charge is -2.09. The maximum atomic E-state index is 12.9. The zero-order valence-electron chi connectivity index (χ0n) is 15.9. The van der Waals surface area contributed by atoms with Gasteiger partial charge in [-0.1, -0.05) is 30.3 Å². The van der Waals surface area contributed by atoms with Gasteiger partial charge in [0, 0.05) is 24.2 Å². The van der Waals surface area contributed by atoms with E-state index in [-0.39, 0.29) is 24.2 Å². The summed E-state index contributed by atoms with van der Waals surface area (Å²) in [5.74, 6) is -0.152. The van der Waals surface area contributed by atoms with Gasteiger partial charge in [0.2, 0.25) is 0 Å². The molecule has 0 bridgehead atoms. The Kier molecular flexibility index (Phi) is 6.58. The third-order valence-electron chi connectivity index (χ3n) is 4.37. The van der Waals surface area contributed by atoms with E-state index in [0.717, 1.165) is 16.9 Å². The minimum absolute atomic E-state index is 0.269. The number of hydrogen-bond acceptors (Lipinski definition) is 3. The van der Waals surface area contributed by atoms with Gasteiger partial charge in [0.25, 0.3) is 11.8 Å². The average Bonchev–Trinajstić information content (AvgIpc) is 2.77. The van der Waals surface area contributed by atoms with Crippen LogP contribution in [0.25, 0.3) is 0 Å². The summed E-state index contributed by atoms with van der Waals surface area (Å²) < 4.78 is 18.1. The first-order valence-electron chi connectivity index (χ1n) is 9.09. The Labute approximate surface area is 168 Å². The molecule has 6 heteroatoms. The van der Waals surface area contributed by atoms with Crippen LogP contribution < -0.4 is 15.4 Å². The molecular formula is C23H21FN2O3. The van der Waals surface area contributed by atoms with Crippen LogP contribution in [-0.4, -0.2) is 18.9 Å². The molecule has 0 aliphatic rings. The summed E-state index contributed by atoms with van der Waals surface area (Å²) in [7, 11) is 1.60. The smallest absolute Gasteiger partial charge is 0.251 e. The Hall–Kier alpha value is -3.67. The highest BCUT2D eigenvalue weighted by Gasteiger charge is 2.10. The van der Waals surface area contributed by atoms with E-state index < -0.39 is 0 Å². The minimum atomic E-state index is -0.326. The molecule has 3 aromatic carbocycles. The van der Waals surface area contributed by atoms with E-state index in [1.807, 2.05) is 24.3 Å². The van der Waals surface area contributed by atoms with Crippen LogP contribution in [0.5, 0.6) is 5.75 Å². The molecule has 0 atom stereocenters. The topological polar surface area (TPSA) is 67.4 Å². The van der Waals surface area contributed by atoms with Crippen LogP contribution in [0.2, 0.25) is 0 Å². The SMILES string of the molecule is COc1ccc(CNC(=O)c2cccc(C(=O)NCc3ccc(F)cc3)c2)cc1. The summed E-state index contributed by atoms with van der Waals surface area (Å²) in [6.45, 7) is 0.636. The van der Waals surface area contributed by atoms with E-state index in [9.17, 15) is 14.0 Å². The second-order valence-electron chi connectivity index (χ2n) is 6.42. The summed E-state index contributed by atoms with van der Waals surface area (Å²) in [4.78, 5) is 24.8. The van der Waals surface area contributed by atoms with Crippen molar-refractivity contribution in [2.45, 2.75) is 13.1 Å². The average molecular weight is 392 g/mol. The second-order valence-corrected chi connectivity index (χ2v) is 6.42. The summed E-state index contributed by atoms with van der Waals surface area (Å²) in [5.41, 5.74) is 2.50. The van der Waals surface area contributed by atoms with Gasteiger partial charge in [-0.25, -0.2) is 4.39 Å². The molecule has 3 aromatic rings. The molecule has 3 rings (SSSR count). The van der Waals surface area contributed by atoms with Gasteiger partial charge in [-0.2, -0.15) is 0 Å². The first-order chi connectivity index (χ1) is 14.0. The Balaban J connectivity index is 1.57. The van der Waals surface area contributed by atoms with Crippen molar-refractivity contribution in [1.82, 2.24) is 10.6 Å². The van der Waals surface area contributed by atoms with E-state index in [1.165, 1.54) is 12.1 Å². The third kappa shape index (κ3) is 5.65. The highest BCUT2D eigenvalue weighted by molar-refractivity contribution is 5.99. The number of carbonyl (C=O) groups excluding carboxylic acids is 2. The molecule has 0 aromatic heterocycles. The molecule has 0 fully saturated rings. The Bertz CT molecular complexity index is 986. The first kappa shape index (κ1) is 20.1. The molecule has 0 heterocycles. The number of nitrogens with one attached hydrogen (secondary N) is 2. The summed E-state index contributed by atoms with van der Waals surface area (Å²) in [6, 6.07) is 19.8. The van der Waals surface area contributed by atoms with Gasteiger partial charge in [-0.05, 0) is 53.6 Å². The summed E-state index contributed by atoms with van der Waals surface area (Å²) in [6.07, 6.45) is 0. The zero-order valence-corrected chi connectivity index (χ0v) is 15.9. The van der Waals surface area contributed by atoms with Gasteiger partial charge in [-0.15, -0.1) is 0 Å². The van der Waals surface area contributed by atoms with Crippen molar-refractivity contribution in [3.05, 3.63) is 101 Å². The van der Waals surface area contributed by atoms with Crippen molar-refractivity contribution in [3.8, 4) is 5.75 Å². The highest BCUT2D eigenvalue weighted by Crippen LogP contribution is 2.12. The highest BCUT2D eigenvalue weighted by atomic mass is 19.1. The number of halogens is 1. The van der Waals surface area contributed by atoms with Crippen LogP contribution in [-0.2, 0) is 13.1 Å². The van der Waals surface area contributed by atoms with Crippen molar-refractivity contribution in [2.24, 2.45) is 0 Å².